The van der Waals surface area contributed by atoms with E-state index in [1.165, 1.54) is 23.4 Å². The largest absolute Gasteiger partial charge is 0.326 e. The van der Waals surface area contributed by atoms with E-state index in [-0.39, 0.29) is 10.8 Å². The van der Waals surface area contributed by atoms with E-state index in [2.05, 4.69) is 5.32 Å². The highest BCUT2D eigenvalue weighted by Crippen LogP contribution is 2.30. The number of rotatable bonds is 5. The molecule has 0 bridgehead atoms. The van der Waals surface area contributed by atoms with E-state index in [0.717, 1.165) is 11.1 Å². The van der Waals surface area contributed by atoms with Crippen molar-refractivity contribution in [3.05, 3.63) is 53.6 Å². The van der Waals surface area contributed by atoms with E-state index in [0.29, 0.717) is 17.9 Å². The van der Waals surface area contributed by atoms with Crippen LogP contribution in [-0.4, -0.2) is 20.9 Å². The molecule has 0 saturated heterocycles. The first kappa shape index (κ1) is 18.0. The van der Waals surface area contributed by atoms with E-state index < -0.39 is 10.0 Å². The Hall–Kier alpha value is -2.34. The molecule has 0 saturated carbocycles. The van der Waals surface area contributed by atoms with Crippen molar-refractivity contribution in [3.8, 4) is 0 Å². The minimum atomic E-state index is -3.67. The lowest BCUT2D eigenvalue weighted by Crippen LogP contribution is -2.32. The van der Waals surface area contributed by atoms with Gasteiger partial charge in [-0.3, -0.25) is 9.10 Å². The molecule has 0 radical (unpaired) electrons. The van der Waals surface area contributed by atoms with E-state index in [1.807, 2.05) is 39.0 Å². The van der Waals surface area contributed by atoms with Crippen LogP contribution in [0.2, 0.25) is 0 Å². The monoisotopic (exact) mass is 346 g/mol. The molecule has 0 aromatic heterocycles. The summed E-state index contributed by atoms with van der Waals surface area (Å²) < 4.78 is 27.5. The number of anilines is 2. The van der Waals surface area contributed by atoms with Gasteiger partial charge in [0.2, 0.25) is 5.91 Å². The van der Waals surface area contributed by atoms with E-state index in [9.17, 15) is 13.2 Å². The predicted octanol–water partition coefficient (Wildman–Crippen LogP) is 3.48. The molecule has 128 valence electrons. The van der Waals surface area contributed by atoms with Crippen molar-refractivity contribution in [2.45, 2.75) is 32.6 Å². The SMILES string of the molecule is CCN(c1c(C)cccc1C)S(=O)(=O)c1ccc(NC(C)=O)cc1. The molecule has 0 heterocycles. The number of aryl methyl sites for hydroxylation is 2. The molecule has 1 N–H and O–H groups in total. The Kier molecular flexibility index (Phi) is 5.29. The molecule has 24 heavy (non-hydrogen) atoms. The van der Waals surface area contributed by atoms with Crippen molar-refractivity contribution in [2.24, 2.45) is 0 Å². The lowest BCUT2D eigenvalue weighted by Gasteiger charge is -2.26. The molecule has 1 amide bonds. The molecular formula is C18H22N2O3S. The topological polar surface area (TPSA) is 66.5 Å². The second-order valence-corrected chi connectivity index (χ2v) is 7.48. The van der Waals surface area contributed by atoms with Gasteiger partial charge in [0, 0.05) is 19.2 Å². The molecule has 6 heteroatoms. The fourth-order valence-electron chi connectivity index (χ4n) is 2.69. The summed E-state index contributed by atoms with van der Waals surface area (Å²) in [6.45, 7) is 7.36. The number of nitrogens with one attached hydrogen (secondary N) is 1. The van der Waals surface area contributed by atoms with Gasteiger partial charge in [-0.15, -0.1) is 0 Å². The number of sulfonamides is 1. The summed E-state index contributed by atoms with van der Waals surface area (Å²) in [6.07, 6.45) is 0. The van der Waals surface area contributed by atoms with Crippen LogP contribution in [0.15, 0.2) is 47.4 Å². The Morgan fingerprint density at radius 2 is 1.58 bits per heavy atom. The zero-order chi connectivity index (χ0) is 17.9. The second kappa shape index (κ2) is 7.05. The Morgan fingerprint density at radius 1 is 1.04 bits per heavy atom. The number of hydrogen-bond donors (Lipinski definition) is 1. The minimum absolute atomic E-state index is 0.195. The van der Waals surface area contributed by atoms with Gasteiger partial charge < -0.3 is 5.32 Å². The van der Waals surface area contributed by atoms with Gasteiger partial charge in [0.05, 0.1) is 10.6 Å². The van der Waals surface area contributed by atoms with Crippen LogP contribution in [0.4, 0.5) is 11.4 Å². The van der Waals surface area contributed by atoms with Crippen molar-refractivity contribution >= 4 is 27.3 Å². The first-order valence-corrected chi connectivity index (χ1v) is 9.18. The molecule has 2 rings (SSSR count). The average molecular weight is 346 g/mol. The van der Waals surface area contributed by atoms with Gasteiger partial charge in [0.25, 0.3) is 10.0 Å². The molecule has 0 aliphatic heterocycles. The number of benzene rings is 2. The number of nitrogens with zero attached hydrogens (tertiary/aromatic N) is 1. The van der Waals surface area contributed by atoms with Gasteiger partial charge in [0.1, 0.15) is 0 Å². The van der Waals surface area contributed by atoms with E-state index in [1.54, 1.807) is 12.1 Å². The van der Waals surface area contributed by atoms with Gasteiger partial charge in [-0.25, -0.2) is 8.42 Å². The van der Waals surface area contributed by atoms with Crippen molar-refractivity contribution in [3.63, 3.8) is 0 Å². The molecule has 0 aliphatic rings. The van der Waals surface area contributed by atoms with Gasteiger partial charge in [-0.2, -0.15) is 0 Å². The molecule has 0 aliphatic carbocycles. The first-order chi connectivity index (χ1) is 11.3. The smallest absolute Gasteiger partial charge is 0.264 e. The number of para-hydroxylation sites is 1. The normalized spacial score (nSPS) is 11.2. The van der Waals surface area contributed by atoms with Crippen LogP contribution in [0.3, 0.4) is 0 Å². The lowest BCUT2D eigenvalue weighted by molar-refractivity contribution is -0.114. The summed E-state index contributed by atoms with van der Waals surface area (Å²) in [4.78, 5) is 11.3. The molecule has 0 atom stereocenters. The van der Waals surface area contributed by atoms with Crippen LogP contribution < -0.4 is 9.62 Å². The summed E-state index contributed by atoms with van der Waals surface area (Å²) in [5.41, 5.74) is 3.10. The zero-order valence-electron chi connectivity index (χ0n) is 14.3. The van der Waals surface area contributed by atoms with Crippen molar-refractivity contribution < 1.29 is 13.2 Å². The van der Waals surface area contributed by atoms with Crippen LogP contribution in [-0.2, 0) is 14.8 Å². The second-order valence-electron chi connectivity index (χ2n) is 5.62. The Labute approximate surface area is 143 Å². The number of hydrogen-bond acceptors (Lipinski definition) is 3. The fourth-order valence-corrected chi connectivity index (χ4v) is 4.29. The lowest BCUT2D eigenvalue weighted by atomic mass is 10.1. The van der Waals surface area contributed by atoms with Gasteiger partial charge in [-0.05, 0) is 56.2 Å². The van der Waals surface area contributed by atoms with Gasteiger partial charge in [-0.1, -0.05) is 18.2 Å². The summed E-state index contributed by atoms with van der Waals surface area (Å²) >= 11 is 0. The molecule has 0 unspecified atom stereocenters. The van der Waals surface area contributed by atoms with Crippen molar-refractivity contribution in [2.75, 3.05) is 16.2 Å². The number of carbonyl (C=O) groups is 1. The number of amides is 1. The van der Waals surface area contributed by atoms with Gasteiger partial charge >= 0.3 is 0 Å². The molecular weight excluding hydrogens is 324 g/mol. The quantitative estimate of drug-likeness (QED) is 0.901. The van der Waals surface area contributed by atoms with Crippen LogP contribution in [0.5, 0.6) is 0 Å². The zero-order valence-corrected chi connectivity index (χ0v) is 15.1. The predicted molar refractivity (Wildman–Crippen MR) is 96.9 cm³/mol. The third-order valence-corrected chi connectivity index (χ3v) is 5.63. The summed E-state index contributed by atoms with van der Waals surface area (Å²) in [5, 5.41) is 2.63. The minimum Gasteiger partial charge on any atom is -0.326 e. The first-order valence-electron chi connectivity index (χ1n) is 7.74. The van der Waals surface area contributed by atoms with Gasteiger partial charge in [0.15, 0.2) is 0 Å². The molecule has 0 spiro atoms. The summed E-state index contributed by atoms with van der Waals surface area (Å²) in [7, 11) is -3.67. The van der Waals surface area contributed by atoms with Crippen LogP contribution in [0, 0.1) is 13.8 Å². The van der Waals surface area contributed by atoms with Crippen LogP contribution in [0.25, 0.3) is 0 Å². The number of carbonyl (C=O) groups excluding carboxylic acids is 1. The van der Waals surface area contributed by atoms with E-state index >= 15 is 0 Å². The Balaban J connectivity index is 2.45. The molecule has 0 fully saturated rings. The standard InChI is InChI=1S/C18H22N2O3S/c1-5-20(18-13(2)7-6-8-14(18)3)24(22,23)17-11-9-16(10-12-17)19-15(4)21/h6-12H,5H2,1-4H3,(H,19,21). The summed E-state index contributed by atoms with van der Waals surface area (Å²) in [6, 6.07) is 11.9. The molecule has 5 nitrogen and oxygen atoms in total. The molecule has 2 aromatic carbocycles. The van der Waals surface area contributed by atoms with Crippen molar-refractivity contribution in [1.29, 1.82) is 0 Å². The maximum absolute atomic E-state index is 13.0. The van der Waals surface area contributed by atoms with E-state index in [4.69, 9.17) is 0 Å². The van der Waals surface area contributed by atoms with Crippen molar-refractivity contribution in [1.82, 2.24) is 0 Å². The highest BCUT2D eigenvalue weighted by Gasteiger charge is 2.25. The third-order valence-electron chi connectivity index (χ3n) is 3.74. The Bertz CT molecular complexity index is 823. The van der Waals surface area contributed by atoms with Crippen LogP contribution >= 0.6 is 0 Å². The third kappa shape index (κ3) is 3.59. The highest BCUT2D eigenvalue weighted by molar-refractivity contribution is 7.92. The Morgan fingerprint density at radius 3 is 2.04 bits per heavy atom. The highest BCUT2D eigenvalue weighted by atomic mass is 32.2. The summed E-state index contributed by atoms with van der Waals surface area (Å²) in [5.74, 6) is -0.198. The molecule has 2 aromatic rings. The maximum atomic E-state index is 13.0. The average Bonchev–Trinajstić information content (AvgIpc) is 2.50. The maximum Gasteiger partial charge on any atom is 0.264 e. The fraction of sp³-hybridized carbons (Fsp3) is 0.278. The van der Waals surface area contributed by atoms with Crippen LogP contribution in [0.1, 0.15) is 25.0 Å².